The highest BCUT2D eigenvalue weighted by atomic mass is 35.5. The molecule has 0 aliphatic rings. The number of thioether (sulfide) groups is 1. The second-order valence-electron chi connectivity index (χ2n) is 2.25. The van der Waals surface area contributed by atoms with Crippen LogP contribution in [0.25, 0.3) is 0 Å². The van der Waals surface area contributed by atoms with E-state index < -0.39 is 0 Å². The van der Waals surface area contributed by atoms with Crippen LogP contribution in [0.3, 0.4) is 0 Å². The average Bonchev–Trinajstić information content (AvgIpc) is 2.07. The van der Waals surface area contributed by atoms with Crippen molar-refractivity contribution in [1.29, 1.82) is 0 Å². The van der Waals surface area contributed by atoms with Gasteiger partial charge in [-0.05, 0) is 23.8 Å². The molecule has 0 aromatic carbocycles. The van der Waals surface area contributed by atoms with Crippen LogP contribution in [0.4, 0.5) is 5.69 Å². The maximum Gasteiger partial charge on any atom is 0.223 e. The number of halogens is 1. The van der Waals surface area contributed by atoms with Crippen molar-refractivity contribution >= 4 is 29.1 Å². The topological polar surface area (TPSA) is 51.8 Å². The fourth-order valence-electron chi connectivity index (χ4n) is 0.670. The summed E-state index contributed by atoms with van der Waals surface area (Å²) in [4.78, 5) is 7.77. The lowest BCUT2D eigenvalue weighted by Gasteiger charge is -2.01. The second kappa shape index (κ2) is 4.52. The zero-order valence-electron chi connectivity index (χ0n) is 6.75. The molecule has 0 aliphatic heterocycles. The van der Waals surface area contributed by atoms with Crippen molar-refractivity contribution in [3.63, 3.8) is 0 Å². The van der Waals surface area contributed by atoms with Crippen LogP contribution in [0.15, 0.2) is 11.2 Å². The summed E-state index contributed by atoms with van der Waals surface area (Å²) in [6.07, 6.45) is 2.62. The number of nitrogens with two attached hydrogens (primary N) is 1. The van der Waals surface area contributed by atoms with Gasteiger partial charge in [0.25, 0.3) is 0 Å². The molecule has 0 saturated heterocycles. The zero-order valence-corrected chi connectivity index (χ0v) is 8.32. The molecule has 0 fully saturated rings. The summed E-state index contributed by atoms with van der Waals surface area (Å²) >= 11 is 7.21. The Bertz CT molecular complexity index is 267. The van der Waals surface area contributed by atoms with Crippen LogP contribution >= 0.6 is 23.4 Å². The van der Waals surface area contributed by atoms with Gasteiger partial charge in [-0.15, -0.1) is 11.8 Å². The molecule has 0 unspecified atom stereocenters. The predicted molar refractivity (Wildman–Crippen MR) is 52.5 cm³/mol. The smallest absolute Gasteiger partial charge is 0.223 e. The number of nitrogens with zero attached hydrogens (tertiary/aromatic N) is 2. The van der Waals surface area contributed by atoms with Crippen LogP contribution in [0.5, 0.6) is 0 Å². The molecule has 2 N–H and O–H groups in total. The molecule has 0 aliphatic carbocycles. The standard InChI is InChI=1S/C7H10ClN3S/c1-2-3-12-6-5(9)4-10-7(8)11-6/h4H,2-3,9H2,1H3. The Balaban J connectivity index is 2.75. The lowest BCUT2D eigenvalue weighted by Crippen LogP contribution is -1.94. The van der Waals surface area contributed by atoms with Gasteiger partial charge in [-0.2, -0.15) is 0 Å². The van der Waals surface area contributed by atoms with Gasteiger partial charge in [0.05, 0.1) is 11.9 Å². The van der Waals surface area contributed by atoms with E-state index >= 15 is 0 Å². The molecule has 0 amide bonds. The number of nitrogen functional groups attached to an aromatic ring is 1. The van der Waals surface area contributed by atoms with E-state index in [4.69, 9.17) is 17.3 Å². The van der Waals surface area contributed by atoms with Crippen molar-refractivity contribution in [2.45, 2.75) is 18.4 Å². The molecule has 3 nitrogen and oxygen atoms in total. The number of rotatable bonds is 3. The molecule has 12 heavy (non-hydrogen) atoms. The van der Waals surface area contributed by atoms with Crippen LogP contribution in [0.2, 0.25) is 5.28 Å². The summed E-state index contributed by atoms with van der Waals surface area (Å²) in [5.41, 5.74) is 6.22. The summed E-state index contributed by atoms with van der Waals surface area (Å²) in [6, 6.07) is 0. The lowest BCUT2D eigenvalue weighted by molar-refractivity contribution is 1.04. The molecule has 0 bridgehead atoms. The zero-order chi connectivity index (χ0) is 8.97. The van der Waals surface area contributed by atoms with Crippen molar-refractivity contribution < 1.29 is 0 Å². The first-order chi connectivity index (χ1) is 5.74. The number of hydrogen-bond donors (Lipinski definition) is 1. The van der Waals surface area contributed by atoms with Crippen LogP contribution in [-0.2, 0) is 0 Å². The fourth-order valence-corrected chi connectivity index (χ4v) is 1.62. The molecular weight excluding hydrogens is 194 g/mol. The third-order valence-electron chi connectivity index (χ3n) is 1.19. The third kappa shape index (κ3) is 2.53. The van der Waals surface area contributed by atoms with Crippen molar-refractivity contribution in [3.8, 4) is 0 Å². The van der Waals surface area contributed by atoms with Gasteiger partial charge in [-0.3, -0.25) is 0 Å². The molecule has 0 radical (unpaired) electrons. The Hall–Kier alpha value is -0.480. The Morgan fingerprint density at radius 3 is 3.08 bits per heavy atom. The molecule has 1 aromatic rings. The highest BCUT2D eigenvalue weighted by molar-refractivity contribution is 7.99. The van der Waals surface area contributed by atoms with Gasteiger partial charge in [0.2, 0.25) is 5.28 Å². The average molecular weight is 204 g/mol. The van der Waals surface area contributed by atoms with E-state index in [1.807, 2.05) is 0 Å². The molecule has 1 heterocycles. The molecule has 0 saturated carbocycles. The number of anilines is 1. The predicted octanol–water partition coefficient (Wildman–Crippen LogP) is 2.21. The summed E-state index contributed by atoms with van der Waals surface area (Å²) in [5, 5.41) is 1.03. The van der Waals surface area contributed by atoms with Crippen molar-refractivity contribution in [3.05, 3.63) is 11.5 Å². The van der Waals surface area contributed by atoms with E-state index in [0.29, 0.717) is 5.69 Å². The summed E-state index contributed by atoms with van der Waals surface area (Å²) < 4.78 is 0. The minimum absolute atomic E-state index is 0.253. The summed E-state index contributed by atoms with van der Waals surface area (Å²) in [5.74, 6) is 0.998. The van der Waals surface area contributed by atoms with E-state index in [2.05, 4.69) is 16.9 Å². The van der Waals surface area contributed by atoms with Crippen molar-refractivity contribution in [1.82, 2.24) is 9.97 Å². The summed E-state index contributed by atoms with van der Waals surface area (Å²) in [6.45, 7) is 2.10. The van der Waals surface area contributed by atoms with Crippen LogP contribution in [0, 0.1) is 0 Å². The number of aromatic nitrogens is 2. The Kier molecular flexibility index (Phi) is 3.62. The monoisotopic (exact) mass is 203 g/mol. The van der Waals surface area contributed by atoms with Crippen LogP contribution in [-0.4, -0.2) is 15.7 Å². The van der Waals surface area contributed by atoms with Crippen LogP contribution < -0.4 is 5.73 Å². The van der Waals surface area contributed by atoms with Gasteiger partial charge >= 0.3 is 0 Å². The highest BCUT2D eigenvalue weighted by Gasteiger charge is 2.02. The third-order valence-corrected chi connectivity index (χ3v) is 2.59. The van der Waals surface area contributed by atoms with Gasteiger partial charge in [-0.25, -0.2) is 9.97 Å². The van der Waals surface area contributed by atoms with Crippen LogP contribution in [0.1, 0.15) is 13.3 Å². The van der Waals surface area contributed by atoms with Gasteiger partial charge in [0.15, 0.2) is 0 Å². The fraction of sp³-hybridized carbons (Fsp3) is 0.429. The Morgan fingerprint density at radius 1 is 1.67 bits per heavy atom. The molecule has 5 heteroatoms. The molecule has 0 atom stereocenters. The van der Waals surface area contributed by atoms with Crippen molar-refractivity contribution in [2.75, 3.05) is 11.5 Å². The van der Waals surface area contributed by atoms with Gasteiger partial charge < -0.3 is 5.73 Å². The number of hydrogen-bond acceptors (Lipinski definition) is 4. The molecule has 0 spiro atoms. The van der Waals surface area contributed by atoms with E-state index in [1.165, 1.54) is 6.20 Å². The van der Waals surface area contributed by atoms with Gasteiger partial charge in [0.1, 0.15) is 5.03 Å². The maximum atomic E-state index is 5.63. The van der Waals surface area contributed by atoms with Crippen molar-refractivity contribution in [2.24, 2.45) is 0 Å². The normalized spacial score (nSPS) is 10.2. The quantitative estimate of drug-likeness (QED) is 0.465. The van der Waals surface area contributed by atoms with E-state index in [9.17, 15) is 0 Å². The molecule has 66 valence electrons. The first-order valence-corrected chi connectivity index (χ1v) is 5.01. The molecule has 1 aromatic heterocycles. The SMILES string of the molecule is CCCSc1nc(Cl)ncc1N. The highest BCUT2D eigenvalue weighted by Crippen LogP contribution is 2.23. The van der Waals surface area contributed by atoms with Gasteiger partial charge in [0, 0.05) is 0 Å². The van der Waals surface area contributed by atoms with E-state index in [-0.39, 0.29) is 5.28 Å². The minimum atomic E-state index is 0.253. The first-order valence-electron chi connectivity index (χ1n) is 3.65. The summed E-state index contributed by atoms with van der Waals surface area (Å²) in [7, 11) is 0. The Morgan fingerprint density at radius 2 is 2.42 bits per heavy atom. The van der Waals surface area contributed by atoms with E-state index in [0.717, 1.165) is 17.2 Å². The minimum Gasteiger partial charge on any atom is -0.395 e. The Labute approximate surface area is 80.7 Å². The van der Waals surface area contributed by atoms with Gasteiger partial charge in [-0.1, -0.05) is 6.92 Å². The second-order valence-corrected chi connectivity index (χ2v) is 3.67. The lowest BCUT2D eigenvalue weighted by atomic mass is 10.6. The maximum absolute atomic E-state index is 5.63. The first kappa shape index (κ1) is 9.61. The van der Waals surface area contributed by atoms with E-state index in [1.54, 1.807) is 11.8 Å². The largest absolute Gasteiger partial charge is 0.395 e. The molecular formula is C7H10ClN3S. The molecule has 1 rings (SSSR count).